The molecule has 26 heavy (non-hydrogen) atoms. The fraction of sp³-hybridized carbons (Fsp3) is 0.200. The molecule has 0 fully saturated rings. The molecule has 0 radical (unpaired) electrons. The van der Waals surface area contributed by atoms with Crippen LogP contribution in [0.15, 0.2) is 65.4 Å². The molecule has 5 nitrogen and oxygen atoms in total. The van der Waals surface area contributed by atoms with Crippen LogP contribution >= 0.6 is 15.9 Å². The van der Waals surface area contributed by atoms with Gasteiger partial charge in [0.25, 0.3) is 0 Å². The molecular weight excluding hydrogens is 394 g/mol. The van der Waals surface area contributed by atoms with E-state index in [4.69, 9.17) is 9.47 Å². The summed E-state index contributed by atoms with van der Waals surface area (Å²) >= 11 is 3.55. The molecule has 1 heterocycles. The lowest BCUT2D eigenvalue weighted by Crippen LogP contribution is -2.24. The van der Waals surface area contributed by atoms with Crippen LogP contribution in [0.2, 0.25) is 0 Å². The maximum atomic E-state index is 5.31. The highest BCUT2D eigenvalue weighted by Crippen LogP contribution is 2.27. The highest BCUT2D eigenvalue weighted by molar-refractivity contribution is 9.10. The zero-order valence-corrected chi connectivity index (χ0v) is 16.3. The Morgan fingerprint density at radius 2 is 1.54 bits per heavy atom. The third-order valence-corrected chi connectivity index (χ3v) is 4.58. The van der Waals surface area contributed by atoms with E-state index in [1.54, 1.807) is 26.6 Å². The molecule has 1 aromatic heterocycles. The minimum absolute atomic E-state index is 0.679. The van der Waals surface area contributed by atoms with Crippen LogP contribution in [-0.4, -0.2) is 24.2 Å². The number of methoxy groups -OCH3 is 2. The van der Waals surface area contributed by atoms with Crippen LogP contribution in [0.1, 0.15) is 11.1 Å². The van der Waals surface area contributed by atoms with Crippen LogP contribution in [-0.2, 0) is 13.1 Å². The van der Waals surface area contributed by atoms with Crippen molar-refractivity contribution in [3.05, 3.63) is 76.5 Å². The largest absolute Gasteiger partial charge is 0.497 e. The van der Waals surface area contributed by atoms with Gasteiger partial charge in [-0.25, -0.2) is 9.97 Å². The summed E-state index contributed by atoms with van der Waals surface area (Å²) in [6.07, 6.45) is 3.51. The van der Waals surface area contributed by atoms with Gasteiger partial charge >= 0.3 is 0 Å². The topological polar surface area (TPSA) is 47.5 Å². The predicted molar refractivity (Wildman–Crippen MR) is 106 cm³/mol. The zero-order valence-electron chi connectivity index (χ0n) is 14.7. The molecule has 0 amide bonds. The van der Waals surface area contributed by atoms with Gasteiger partial charge in [-0.1, -0.05) is 18.2 Å². The third-order valence-electron chi connectivity index (χ3n) is 3.96. The molecule has 2 aromatic carbocycles. The van der Waals surface area contributed by atoms with Gasteiger partial charge in [-0.3, -0.25) is 0 Å². The Kier molecular flexibility index (Phi) is 6.07. The van der Waals surface area contributed by atoms with Crippen molar-refractivity contribution in [1.82, 2.24) is 9.97 Å². The molecule has 0 bridgehead atoms. The number of benzene rings is 2. The molecule has 0 aliphatic carbocycles. The first-order valence-electron chi connectivity index (χ1n) is 8.17. The predicted octanol–water partition coefficient (Wildman–Crippen LogP) is 4.46. The maximum absolute atomic E-state index is 5.31. The summed E-state index contributed by atoms with van der Waals surface area (Å²) < 4.78 is 11.5. The minimum atomic E-state index is 0.679. The molecule has 0 unspecified atom stereocenters. The average Bonchev–Trinajstić information content (AvgIpc) is 2.69. The second-order valence-electron chi connectivity index (χ2n) is 5.72. The second-order valence-corrected chi connectivity index (χ2v) is 6.58. The second kappa shape index (κ2) is 8.67. The Hall–Kier alpha value is -2.60. The highest BCUT2D eigenvalue weighted by atomic mass is 79.9. The number of hydrogen-bond acceptors (Lipinski definition) is 5. The number of hydrogen-bond donors (Lipinski definition) is 0. The van der Waals surface area contributed by atoms with Crippen molar-refractivity contribution in [2.75, 3.05) is 19.1 Å². The van der Waals surface area contributed by atoms with Gasteiger partial charge in [-0.15, -0.1) is 0 Å². The Balaban J connectivity index is 1.84. The first-order chi connectivity index (χ1) is 12.7. The lowest BCUT2D eigenvalue weighted by molar-refractivity contribution is 0.412. The summed E-state index contributed by atoms with van der Waals surface area (Å²) in [7, 11) is 3.33. The molecule has 0 saturated heterocycles. The molecule has 0 N–H and O–H groups in total. The fourth-order valence-electron chi connectivity index (χ4n) is 2.63. The molecule has 3 rings (SSSR count). The monoisotopic (exact) mass is 413 g/mol. The first kappa shape index (κ1) is 18.2. The van der Waals surface area contributed by atoms with Crippen LogP contribution in [0.25, 0.3) is 0 Å². The van der Waals surface area contributed by atoms with Crippen molar-refractivity contribution >= 4 is 21.9 Å². The maximum Gasteiger partial charge on any atom is 0.225 e. The van der Waals surface area contributed by atoms with Crippen LogP contribution < -0.4 is 14.4 Å². The molecule has 0 spiro atoms. The summed E-state index contributed by atoms with van der Waals surface area (Å²) in [5, 5.41) is 0. The van der Waals surface area contributed by atoms with Crippen molar-refractivity contribution in [3.63, 3.8) is 0 Å². The van der Waals surface area contributed by atoms with Crippen molar-refractivity contribution in [2.45, 2.75) is 13.1 Å². The van der Waals surface area contributed by atoms with Crippen molar-refractivity contribution < 1.29 is 9.47 Å². The van der Waals surface area contributed by atoms with E-state index < -0.39 is 0 Å². The smallest absolute Gasteiger partial charge is 0.225 e. The Morgan fingerprint density at radius 3 is 2.15 bits per heavy atom. The van der Waals surface area contributed by atoms with Gasteiger partial charge in [0, 0.05) is 25.5 Å². The van der Waals surface area contributed by atoms with Crippen LogP contribution in [0.3, 0.4) is 0 Å². The Labute approximate surface area is 161 Å². The van der Waals surface area contributed by atoms with Crippen molar-refractivity contribution in [1.29, 1.82) is 0 Å². The van der Waals surface area contributed by atoms with E-state index in [1.165, 1.54) is 0 Å². The van der Waals surface area contributed by atoms with Gasteiger partial charge in [0.15, 0.2) is 0 Å². The quantitative estimate of drug-likeness (QED) is 0.571. The van der Waals surface area contributed by atoms with E-state index in [9.17, 15) is 0 Å². The Morgan fingerprint density at radius 1 is 0.885 bits per heavy atom. The third kappa shape index (κ3) is 4.52. The molecule has 0 saturated carbocycles. The number of nitrogens with zero attached hydrogens (tertiary/aromatic N) is 3. The van der Waals surface area contributed by atoms with E-state index in [0.717, 1.165) is 27.1 Å². The van der Waals surface area contributed by atoms with E-state index in [0.29, 0.717) is 19.0 Å². The highest BCUT2D eigenvalue weighted by Gasteiger charge is 2.12. The summed E-state index contributed by atoms with van der Waals surface area (Å²) in [5.41, 5.74) is 2.30. The molecule has 0 atom stereocenters. The van der Waals surface area contributed by atoms with Gasteiger partial charge < -0.3 is 14.4 Å². The lowest BCUT2D eigenvalue weighted by atomic mass is 10.1. The first-order valence-corrected chi connectivity index (χ1v) is 8.96. The van der Waals surface area contributed by atoms with E-state index in [-0.39, 0.29) is 0 Å². The van der Waals surface area contributed by atoms with Crippen LogP contribution in [0.4, 0.5) is 5.95 Å². The van der Waals surface area contributed by atoms with E-state index in [2.05, 4.69) is 49.0 Å². The summed E-state index contributed by atoms with van der Waals surface area (Å²) in [5.74, 6) is 2.34. The zero-order chi connectivity index (χ0) is 18.4. The van der Waals surface area contributed by atoms with E-state index >= 15 is 0 Å². The van der Waals surface area contributed by atoms with Gasteiger partial charge in [-0.05, 0) is 57.4 Å². The molecule has 6 heteroatoms. The van der Waals surface area contributed by atoms with Gasteiger partial charge in [0.2, 0.25) is 5.95 Å². The SMILES string of the molecule is COc1ccc(CN(Cc2ccc(OC)c(Br)c2)c2ncccn2)cc1. The number of anilines is 1. The summed E-state index contributed by atoms with van der Waals surface area (Å²) in [6, 6.07) is 15.9. The fourth-order valence-corrected chi connectivity index (χ4v) is 3.22. The molecular formula is C20H20BrN3O2. The minimum Gasteiger partial charge on any atom is -0.497 e. The van der Waals surface area contributed by atoms with Gasteiger partial charge in [-0.2, -0.15) is 0 Å². The number of halogens is 1. The molecule has 134 valence electrons. The van der Waals surface area contributed by atoms with Crippen molar-refractivity contribution in [3.8, 4) is 11.5 Å². The Bertz CT molecular complexity index is 841. The average molecular weight is 414 g/mol. The molecule has 0 aliphatic heterocycles. The molecule has 0 aliphatic rings. The van der Waals surface area contributed by atoms with Crippen LogP contribution in [0, 0.1) is 0 Å². The van der Waals surface area contributed by atoms with Crippen LogP contribution in [0.5, 0.6) is 11.5 Å². The summed E-state index contributed by atoms with van der Waals surface area (Å²) in [4.78, 5) is 11.0. The van der Waals surface area contributed by atoms with E-state index in [1.807, 2.05) is 30.3 Å². The van der Waals surface area contributed by atoms with Gasteiger partial charge in [0.05, 0.1) is 18.7 Å². The standard InChI is InChI=1S/C20H20BrN3O2/c1-25-17-7-4-15(5-8-17)13-24(20-22-10-3-11-23-20)14-16-6-9-19(26-2)18(21)12-16/h3-12H,13-14H2,1-2H3. The van der Waals surface area contributed by atoms with Crippen molar-refractivity contribution in [2.24, 2.45) is 0 Å². The number of rotatable bonds is 7. The normalized spacial score (nSPS) is 10.4. The lowest BCUT2D eigenvalue weighted by Gasteiger charge is -2.23. The molecule has 3 aromatic rings. The number of ether oxygens (including phenoxy) is 2. The van der Waals surface area contributed by atoms with Gasteiger partial charge in [0.1, 0.15) is 11.5 Å². The number of aromatic nitrogens is 2. The summed E-state index contributed by atoms with van der Waals surface area (Å²) in [6.45, 7) is 1.37.